The maximum atomic E-state index is 11.7. The summed E-state index contributed by atoms with van der Waals surface area (Å²) >= 11 is 0. The molecule has 0 amide bonds. The Morgan fingerprint density at radius 1 is 0.500 bits per heavy atom. The minimum atomic E-state index is -2.63. The molecular weight excluding hydrogens is 376 g/mol. The van der Waals surface area contributed by atoms with E-state index in [1.807, 2.05) is 0 Å². The summed E-state index contributed by atoms with van der Waals surface area (Å²) in [6.07, 6.45) is 26.6. The summed E-state index contributed by atoms with van der Waals surface area (Å²) in [4.78, 5) is 11.7. The monoisotopic (exact) mass is 428 g/mol. The van der Waals surface area contributed by atoms with Gasteiger partial charge in [-0.05, 0) is 12.8 Å². The number of Topliss-reactive ketones (excluding diaryl/α,β-unsaturated/α-hetero) is 1. The molecule has 3 N–H and O–H groups in total. The fourth-order valence-corrected chi connectivity index (χ4v) is 4.05. The average molecular weight is 429 g/mol. The molecule has 0 unspecified atom stereocenters. The van der Waals surface area contributed by atoms with Crippen molar-refractivity contribution in [1.29, 1.82) is 0 Å². The number of carbonyl (C=O) groups is 1. The molecule has 0 aromatic rings. The Bertz CT molecular complexity index is 363. The zero-order valence-electron chi connectivity index (χ0n) is 20.0. The van der Waals surface area contributed by atoms with E-state index in [4.69, 9.17) is 15.3 Å². The molecule has 0 fully saturated rings. The summed E-state index contributed by atoms with van der Waals surface area (Å²) in [5.41, 5.74) is 0. The van der Waals surface area contributed by atoms with Crippen molar-refractivity contribution in [3.05, 3.63) is 0 Å². The average Bonchev–Trinajstić information content (AvgIpc) is 2.68. The summed E-state index contributed by atoms with van der Waals surface area (Å²) < 4.78 is 0. The zero-order chi connectivity index (χ0) is 22.3. The van der Waals surface area contributed by atoms with Crippen LogP contribution in [0, 0.1) is 0 Å². The van der Waals surface area contributed by atoms with Crippen molar-refractivity contribution in [2.75, 3.05) is 0 Å². The van der Waals surface area contributed by atoms with Gasteiger partial charge >= 0.3 is 0 Å². The van der Waals surface area contributed by atoms with E-state index in [0.717, 1.165) is 12.8 Å². The van der Waals surface area contributed by atoms with E-state index < -0.39 is 5.97 Å². The van der Waals surface area contributed by atoms with E-state index in [-0.39, 0.29) is 12.2 Å². The normalized spacial score (nSPS) is 11.9. The van der Waals surface area contributed by atoms with Crippen molar-refractivity contribution >= 4 is 5.78 Å². The van der Waals surface area contributed by atoms with Gasteiger partial charge < -0.3 is 15.3 Å². The Labute approximate surface area is 186 Å². The van der Waals surface area contributed by atoms with Crippen LogP contribution in [0.2, 0.25) is 0 Å². The van der Waals surface area contributed by atoms with Crippen molar-refractivity contribution in [1.82, 2.24) is 0 Å². The second kappa shape index (κ2) is 21.8. The van der Waals surface area contributed by atoms with Crippen molar-refractivity contribution < 1.29 is 20.1 Å². The molecule has 4 heteroatoms. The number of hydrogen-bond acceptors (Lipinski definition) is 4. The fraction of sp³-hybridized carbons (Fsp3) is 0.962. The minimum Gasteiger partial charge on any atom is -0.344 e. The van der Waals surface area contributed by atoms with E-state index in [9.17, 15) is 4.79 Å². The standard InChI is InChI=1S/C26H52O4/c1-2-3-4-5-6-7-8-9-10-11-12-13-14-15-16-17-18-19-20-22-25(27)23-21-24-26(28,29)30/h28-30H,2-24H2,1H3. The van der Waals surface area contributed by atoms with E-state index in [1.165, 1.54) is 109 Å². The lowest BCUT2D eigenvalue weighted by molar-refractivity contribution is -0.314. The first-order valence-electron chi connectivity index (χ1n) is 13.1. The van der Waals surface area contributed by atoms with Gasteiger partial charge in [0.05, 0.1) is 0 Å². The van der Waals surface area contributed by atoms with Gasteiger partial charge in [-0.25, -0.2) is 0 Å². The summed E-state index contributed by atoms with van der Waals surface area (Å²) in [6.45, 7) is 2.28. The lowest BCUT2D eigenvalue weighted by atomic mass is 10.0. The highest BCUT2D eigenvalue weighted by Gasteiger charge is 2.17. The quantitative estimate of drug-likeness (QED) is 0.112. The summed E-state index contributed by atoms with van der Waals surface area (Å²) in [7, 11) is 0. The van der Waals surface area contributed by atoms with Crippen molar-refractivity contribution in [3.63, 3.8) is 0 Å². The lowest BCUT2D eigenvalue weighted by Gasteiger charge is -2.12. The van der Waals surface area contributed by atoms with Crippen LogP contribution in [0.3, 0.4) is 0 Å². The van der Waals surface area contributed by atoms with Crippen LogP contribution in [0.4, 0.5) is 0 Å². The Kier molecular flexibility index (Phi) is 21.4. The minimum absolute atomic E-state index is 0.159. The molecule has 0 atom stereocenters. The van der Waals surface area contributed by atoms with E-state index in [0.29, 0.717) is 19.3 Å². The molecule has 4 nitrogen and oxygen atoms in total. The first-order chi connectivity index (χ1) is 14.5. The van der Waals surface area contributed by atoms with Gasteiger partial charge in [-0.2, -0.15) is 0 Å². The van der Waals surface area contributed by atoms with Crippen LogP contribution in [0.1, 0.15) is 155 Å². The van der Waals surface area contributed by atoms with Crippen LogP contribution < -0.4 is 0 Å². The molecule has 0 aliphatic heterocycles. The molecule has 0 aromatic carbocycles. The molecule has 0 aliphatic carbocycles. The topological polar surface area (TPSA) is 77.8 Å². The SMILES string of the molecule is CCCCCCCCCCCCCCCCCCCCCC(=O)CCCC(O)(O)O. The van der Waals surface area contributed by atoms with Gasteiger partial charge in [0.1, 0.15) is 5.78 Å². The first kappa shape index (κ1) is 29.5. The largest absolute Gasteiger partial charge is 0.344 e. The highest BCUT2D eigenvalue weighted by Crippen LogP contribution is 2.15. The number of carbonyl (C=O) groups excluding carboxylic acids is 1. The third-order valence-corrected chi connectivity index (χ3v) is 6.03. The molecule has 0 bridgehead atoms. The predicted octanol–water partition coefficient (Wildman–Crippen LogP) is 7.18. The second-order valence-electron chi connectivity index (χ2n) is 9.28. The van der Waals surface area contributed by atoms with Gasteiger partial charge in [-0.3, -0.25) is 4.79 Å². The maximum Gasteiger partial charge on any atom is 0.275 e. The molecule has 0 rings (SSSR count). The maximum absolute atomic E-state index is 11.7. The van der Waals surface area contributed by atoms with Gasteiger partial charge in [0.2, 0.25) is 0 Å². The van der Waals surface area contributed by atoms with Crippen LogP contribution in [0.5, 0.6) is 0 Å². The van der Waals surface area contributed by atoms with E-state index in [2.05, 4.69) is 6.92 Å². The highest BCUT2D eigenvalue weighted by atomic mass is 16.7. The van der Waals surface area contributed by atoms with Crippen molar-refractivity contribution in [3.8, 4) is 0 Å². The predicted molar refractivity (Wildman–Crippen MR) is 126 cm³/mol. The smallest absolute Gasteiger partial charge is 0.275 e. The molecule has 0 spiro atoms. The van der Waals surface area contributed by atoms with E-state index in [1.54, 1.807) is 0 Å². The van der Waals surface area contributed by atoms with E-state index >= 15 is 0 Å². The lowest BCUT2D eigenvalue weighted by Crippen LogP contribution is -2.26. The summed E-state index contributed by atoms with van der Waals surface area (Å²) in [5, 5.41) is 26.3. The molecule has 0 heterocycles. The van der Waals surface area contributed by atoms with Gasteiger partial charge in [0, 0.05) is 19.3 Å². The number of ketones is 1. The third-order valence-electron chi connectivity index (χ3n) is 6.03. The molecule has 180 valence electrons. The van der Waals surface area contributed by atoms with Crippen molar-refractivity contribution in [2.45, 2.75) is 161 Å². The number of aliphatic hydroxyl groups is 3. The summed E-state index contributed by atoms with van der Waals surface area (Å²) in [5.74, 6) is -2.47. The Hall–Kier alpha value is -0.450. The van der Waals surface area contributed by atoms with Crippen LogP contribution in [0.25, 0.3) is 0 Å². The fourth-order valence-electron chi connectivity index (χ4n) is 4.05. The number of rotatable bonds is 24. The van der Waals surface area contributed by atoms with Gasteiger partial charge in [-0.1, -0.05) is 122 Å². The molecule has 0 saturated heterocycles. The molecule has 30 heavy (non-hydrogen) atoms. The molecular formula is C26H52O4. The molecule has 0 aliphatic rings. The summed E-state index contributed by atoms with van der Waals surface area (Å²) in [6, 6.07) is 0. The van der Waals surface area contributed by atoms with Crippen LogP contribution in [0.15, 0.2) is 0 Å². The second-order valence-corrected chi connectivity index (χ2v) is 9.28. The van der Waals surface area contributed by atoms with Crippen molar-refractivity contribution in [2.24, 2.45) is 0 Å². The van der Waals surface area contributed by atoms with Gasteiger partial charge in [0.15, 0.2) is 0 Å². The molecule has 0 saturated carbocycles. The van der Waals surface area contributed by atoms with Crippen LogP contribution in [-0.4, -0.2) is 27.1 Å². The van der Waals surface area contributed by atoms with Gasteiger partial charge in [-0.15, -0.1) is 0 Å². The van der Waals surface area contributed by atoms with Crippen LogP contribution >= 0.6 is 0 Å². The highest BCUT2D eigenvalue weighted by molar-refractivity contribution is 5.78. The number of unbranched alkanes of at least 4 members (excludes halogenated alkanes) is 18. The Morgan fingerprint density at radius 2 is 0.800 bits per heavy atom. The Balaban J connectivity index is 3.13. The molecule has 0 radical (unpaired) electrons. The van der Waals surface area contributed by atoms with Gasteiger partial charge in [0.25, 0.3) is 5.97 Å². The number of hydrogen-bond donors (Lipinski definition) is 3. The Morgan fingerprint density at radius 3 is 1.13 bits per heavy atom. The van der Waals surface area contributed by atoms with Crippen LogP contribution in [-0.2, 0) is 4.79 Å². The zero-order valence-corrected chi connectivity index (χ0v) is 20.0. The molecule has 0 aromatic heterocycles. The third kappa shape index (κ3) is 25.6. The first-order valence-corrected chi connectivity index (χ1v) is 13.1.